The molecule has 0 heterocycles. The van der Waals surface area contributed by atoms with Crippen molar-refractivity contribution in [2.75, 3.05) is 17.7 Å². The van der Waals surface area contributed by atoms with Gasteiger partial charge in [-0.15, -0.1) is 0 Å². The van der Waals surface area contributed by atoms with Crippen LogP contribution in [-0.4, -0.2) is 13.0 Å². The summed E-state index contributed by atoms with van der Waals surface area (Å²) in [5, 5.41) is 14.9. The molecule has 0 aliphatic rings. The van der Waals surface area contributed by atoms with E-state index in [0.717, 1.165) is 5.69 Å². The summed E-state index contributed by atoms with van der Waals surface area (Å²) in [5.41, 5.74) is 2.30. The first-order chi connectivity index (χ1) is 9.63. The first kappa shape index (κ1) is 13.9. The van der Waals surface area contributed by atoms with Crippen molar-refractivity contribution < 1.29 is 4.79 Å². The van der Waals surface area contributed by atoms with Gasteiger partial charge in [0.1, 0.15) is 0 Å². The summed E-state index contributed by atoms with van der Waals surface area (Å²) in [6.07, 6.45) is 0. The number of hydrogen-bond donors (Lipinski definition) is 2. The van der Waals surface area contributed by atoms with Crippen LogP contribution in [0.3, 0.4) is 0 Å². The molecule has 0 aromatic heterocycles. The lowest BCUT2D eigenvalue weighted by Crippen LogP contribution is -2.12. The molecule has 0 radical (unpaired) electrons. The zero-order chi connectivity index (χ0) is 14.5. The van der Waals surface area contributed by atoms with Crippen molar-refractivity contribution in [1.82, 2.24) is 0 Å². The van der Waals surface area contributed by atoms with E-state index >= 15 is 0 Å². The van der Waals surface area contributed by atoms with Crippen molar-refractivity contribution in [1.29, 1.82) is 5.26 Å². The predicted octanol–water partition coefficient (Wildman–Crippen LogP) is 3.51. The van der Waals surface area contributed by atoms with E-state index in [4.69, 9.17) is 16.9 Å². The van der Waals surface area contributed by atoms with E-state index in [1.54, 1.807) is 30.3 Å². The standard InChI is InChI=1S/C15H12ClN3O/c1-18-12-5-3-11(4-6-12)15(20)19-14-8-10(9-17)2-7-13(14)16/h2-8,18H,1H3,(H,19,20). The van der Waals surface area contributed by atoms with Crippen LogP contribution in [0.2, 0.25) is 5.02 Å². The quantitative estimate of drug-likeness (QED) is 0.907. The minimum Gasteiger partial charge on any atom is -0.388 e. The number of nitrogens with one attached hydrogen (secondary N) is 2. The van der Waals surface area contributed by atoms with Crippen LogP contribution in [-0.2, 0) is 0 Å². The van der Waals surface area contributed by atoms with E-state index in [-0.39, 0.29) is 5.91 Å². The van der Waals surface area contributed by atoms with E-state index in [1.165, 1.54) is 0 Å². The Hall–Kier alpha value is -2.51. The fourth-order valence-corrected chi connectivity index (χ4v) is 1.84. The highest BCUT2D eigenvalue weighted by molar-refractivity contribution is 6.34. The SMILES string of the molecule is CNc1ccc(C(=O)Nc2cc(C#N)ccc2Cl)cc1. The molecule has 0 bridgehead atoms. The summed E-state index contributed by atoms with van der Waals surface area (Å²) in [7, 11) is 1.81. The van der Waals surface area contributed by atoms with Crippen LogP contribution in [0.4, 0.5) is 11.4 Å². The molecule has 0 unspecified atom stereocenters. The van der Waals surface area contributed by atoms with Gasteiger partial charge >= 0.3 is 0 Å². The van der Waals surface area contributed by atoms with Crippen molar-refractivity contribution in [2.24, 2.45) is 0 Å². The van der Waals surface area contributed by atoms with Gasteiger partial charge < -0.3 is 10.6 Å². The molecule has 0 saturated heterocycles. The maximum Gasteiger partial charge on any atom is 0.255 e. The van der Waals surface area contributed by atoms with E-state index in [1.807, 2.05) is 25.2 Å². The third-order valence-electron chi connectivity index (χ3n) is 2.78. The first-order valence-electron chi connectivity index (χ1n) is 5.93. The van der Waals surface area contributed by atoms with Crippen molar-refractivity contribution >= 4 is 28.9 Å². The third-order valence-corrected chi connectivity index (χ3v) is 3.11. The minimum atomic E-state index is -0.273. The van der Waals surface area contributed by atoms with E-state index in [9.17, 15) is 4.79 Å². The number of anilines is 2. The lowest BCUT2D eigenvalue weighted by Gasteiger charge is -2.08. The second-order valence-corrected chi connectivity index (χ2v) is 4.50. The molecule has 0 spiro atoms. The Morgan fingerprint density at radius 1 is 1.20 bits per heavy atom. The number of carbonyl (C=O) groups excluding carboxylic acids is 1. The van der Waals surface area contributed by atoms with Crippen molar-refractivity contribution in [2.45, 2.75) is 0 Å². The molecule has 2 rings (SSSR count). The Morgan fingerprint density at radius 3 is 2.50 bits per heavy atom. The summed E-state index contributed by atoms with van der Waals surface area (Å²) in [6, 6.07) is 13.8. The highest BCUT2D eigenvalue weighted by Crippen LogP contribution is 2.23. The number of amides is 1. The van der Waals surface area contributed by atoms with Crippen LogP contribution in [0, 0.1) is 11.3 Å². The van der Waals surface area contributed by atoms with Gasteiger partial charge in [0.05, 0.1) is 22.3 Å². The molecule has 2 aromatic carbocycles. The Balaban J connectivity index is 2.20. The summed E-state index contributed by atoms with van der Waals surface area (Å²) in [6.45, 7) is 0. The summed E-state index contributed by atoms with van der Waals surface area (Å²) in [4.78, 5) is 12.1. The molecule has 4 nitrogen and oxygen atoms in total. The average molecular weight is 286 g/mol. The predicted molar refractivity (Wildman–Crippen MR) is 80.1 cm³/mol. The minimum absolute atomic E-state index is 0.273. The van der Waals surface area contributed by atoms with Gasteiger partial charge in [0.25, 0.3) is 5.91 Å². The molecular weight excluding hydrogens is 274 g/mol. The Kier molecular flexibility index (Phi) is 4.24. The lowest BCUT2D eigenvalue weighted by molar-refractivity contribution is 0.102. The molecule has 0 aliphatic heterocycles. The number of rotatable bonds is 3. The number of nitrogens with zero attached hydrogens (tertiary/aromatic N) is 1. The number of nitriles is 1. The molecule has 20 heavy (non-hydrogen) atoms. The summed E-state index contributed by atoms with van der Waals surface area (Å²) < 4.78 is 0. The van der Waals surface area contributed by atoms with Crippen molar-refractivity contribution in [3.63, 3.8) is 0 Å². The van der Waals surface area contributed by atoms with Crippen LogP contribution in [0.25, 0.3) is 0 Å². The zero-order valence-corrected chi connectivity index (χ0v) is 11.5. The Morgan fingerprint density at radius 2 is 1.90 bits per heavy atom. The van der Waals surface area contributed by atoms with Crippen molar-refractivity contribution in [3.8, 4) is 6.07 Å². The summed E-state index contributed by atoms with van der Waals surface area (Å²) >= 11 is 6.00. The summed E-state index contributed by atoms with van der Waals surface area (Å²) in [5.74, 6) is -0.273. The maximum atomic E-state index is 12.1. The molecule has 0 atom stereocenters. The third kappa shape index (κ3) is 3.08. The van der Waals surface area contributed by atoms with Crippen LogP contribution in [0.5, 0.6) is 0 Å². The fourth-order valence-electron chi connectivity index (χ4n) is 1.67. The molecule has 0 saturated carbocycles. The van der Waals surface area contributed by atoms with Crippen LogP contribution < -0.4 is 10.6 Å². The van der Waals surface area contributed by atoms with Gasteiger partial charge in [0, 0.05) is 18.3 Å². The van der Waals surface area contributed by atoms with Crippen LogP contribution >= 0.6 is 11.6 Å². The highest BCUT2D eigenvalue weighted by atomic mass is 35.5. The normalized spacial score (nSPS) is 9.65. The second-order valence-electron chi connectivity index (χ2n) is 4.09. The van der Waals surface area contributed by atoms with Gasteiger partial charge in [0.15, 0.2) is 0 Å². The van der Waals surface area contributed by atoms with Crippen molar-refractivity contribution in [3.05, 3.63) is 58.6 Å². The van der Waals surface area contributed by atoms with E-state index < -0.39 is 0 Å². The monoisotopic (exact) mass is 285 g/mol. The van der Waals surface area contributed by atoms with Gasteiger partial charge in [-0.3, -0.25) is 4.79 Å². The highest BCUT2D eigenvalue weighted by Gasteiger charge is 2.09. The lowest BCUT2D eigenvalue weighted by atomic mass is 10.1. The smallest absolute Gasteiger partial charge is 0.255 e. The van der Waals surface area contributed by atoms with Crippen LogP contribution in [0.1, 0.15) is 15.9 Å². The van der Waals surface area contributed by atoms with E-state index in [2.05, 4.69) is 10.6 Å². The maximum absolute atomic E-state index is 12.1. The Bertz CT molecular complexity index is 675. The molecule has 1 amide bonds. The largest absolute Gasteiger partial charge is 0.388 e. The molecule has 0 fully saturated rings. The van der Waals surface area contributed by atoms with Gasteiger partial charge in [-0.2, -0.15) is 5.26 Å². The van der Waals surface area contributed by atoms with E-state index in [0.29, 0.717) is 21.8 Å². The molecule has 100 valence electrons. The second kappa shape index (κ2) is 6.09. The van der Waals surface area contributed by atoms with Gasteiger partial charge in [0.2, 0.25) is 0 Å². The molecular formula is C15H12ClN3O. The van der Waals surface area contributed by atoms with Gasteiger partial charge in [-0.25, -0.2) is 0 Å². The Labute approximate surface area is 122 Å². The zero-order valence-electron chi connectivity index (χ0n) is 10.8. The average Bonchev–Trinajstić information content (AvgIpc) is 2.49. The fraction of sp³-hybridized carbons (Fsp3) is 0.0667. The van der Waals surface area contributed by atoms with Crippen LogP contribution in [0.15, 0.2) is 42.5 Å². The molecule has 0 aliphatic carbocycles. The number of halogens is 1. The number of benzene rings is 2. The topological polar surface area (TPSA) is 64.9 Å². The van der Waals surface area contributed by atoms with Gasteiger partial charge in [-0.1, -0.05) is 11.6 Å². The first-order valence-corrected chi connectivity index (χ1v) is 6.30. The number of carbonyl (C=O) groups is 1. The van der Waals surface area contributed by atoms with Gasteiger partial charge in [-0.05, 0) is 42.5 Å². The number of hydrogen-bond acceptors (Lipinski definition) is 3. The molecule has 2 N–H and O–H groups in total. The molecule has 2 aromatic rings. The molecule has 5 heteroatoms.